The Balaban J connectivity index is 1.65. The van der Waals surface area contributed by atoms with E-state index in [1.165, 1.54) is 12.1 Å². The minimum absolute atomic E-state index is 0.102. The van der Waals surface area contributed by atoms with Gasteiger partial charge in [-0.3, -0.25) is 4.79 Å². The van der Waals surface area contributed by atoms with Gasteiger partial charge in [0.1, 0.15) is 17.7 Å². The van der Waals surface area contributed by atoms with E-state index in [1.807, 2.05) is 22.8 Å². The highest BCUT2D eigenvalue weighted by Crippen LogP contribution is 2.45. The summed E-state index contributed by atoms with van der Waals surface area (Å²) in [5.41, 5.74) is 3.65. The number of hydrogen-bond donors (Lipinski definition) is 2. The van der Waals surface area contributed by atoms with E-state index in [0.29, 0.717) is 17.8 Å². The lowest BCUT2D eigenvalue weighted by atomic mass is 10.0. The van der Waals surface area contributed by atoms with E-state index in [9.17, 15) is 18.7 Å². The molecular formula is C24H21F2N3O4. The van der Waals surface area contributed by atoms with Crippen molar-refractivity contribution in [3.05, 3.63) is 82.5 Å². The maximum atomic E-state index is 13.1. The average molecular weight is 453 g/mol. The third kappa shape index (κ3) is 4.01. The van der Waals surface area contributed by atoms with E-state index >= 15 is 0 Å². The van der Waals surface area contributed by atoms with Crippen molar-refractivity contribution in [3.63, 3.8) is 0 Å². The van der Waals surface area contributed by atoms with Crippen molar-refractivity contribution in [2.45, 2.75) is 25.2 Å². The third-order valence-corrected chi connectivity index (χ3v) is 5.78. The molecule has 1 aliphatic heterocycles. The van der Waals surface area contributed by atoms with Gasteiger partial charge in [-0.1, -0.05) is 24.3 Å². The number of aliphatic hydroxyl groups excluding tert-OH is 1. The molecule has 0 amide bonds. The van der Waals surface area contributed by atoms with Gasteiger partial charge in [-0.15, -0.1) is 0 Å². The topological polar surface area (TPSA) is 89.4 Å². The van der Waals surface area contributed by atoms with Gasteiger partial charge in [0, 0.05) is 24.2 Å². The Labute approximate surface area is 187 Å². The number of hydrogen-bond acceptors (Lipinski definition) is 5. The molecular weight excluding hydrogens is 432 g/mol. The number of para-hydroxylation sites is 1. The molecule has 4 aromatic rings. The summed E-state index contributed by atoms with van der Waals surface area (Å²) in [6, 6.07) is 15.3. The number of ether oxygens (including phenoxy) is 2. The van der Waals surface area contributed by atoms with Crippen molar-refractivity contribution in [2.75, 3.05) is 13.2 Å². The number of nitrogens with zero attached hydrogens (tertiary/aromatic N) is 2. The van der Waals surface area contributed by atoms with Crippen LogP contribution >= 0.6 is 0 Å². The van der Waals surface area contributed by atoms with Crippen molar-refractivity contribution in [1.29, 1.82) is 0 Å². The number of benzene rings is 2. The Morgan fingerprint density at radius 2 is 1.97 bits per heavy atom. The molecule has 7 nitrogen and oxygen atoms in total. The van der Waals surface area contributed by atoms with Crippen LogP contribution in [0.5, 0.6) is 5.75 Å². The standard InChI is InChI=1S/C24H21F2N3O4/c25-24(26)33-20-4-2-1-3-16(20)18-12-21(32-10-9-30)23-28-17-7-5-14(11-19(17)29(18)23)15-6-8-22(31)27-13-15/h1-8,11,13,18,21,24,30H,9-10,12H2,(H,27,31). The summed E-state index contributed by atoms with van der Waals surface area (Å²) < 4.78 is 38.8. The number of aliphatic hydroxyl groups is 1. The number of rotatable bonds is 7. The van der Waals surface area contributed by atoms with Gasteiger partial charge >= 0.3 is 6.61 Å². The Bertz CT molecular complexity index is 1330. The molecule has 33 heavy (non-hydrogen) atoms. The smallest absolute Gasteiger partial charge is 0.387 e. The number of halogens is 2. The molecule has 3 heterocycles. The van der Waals surface area contributed by atoms with Crippen LogP contribution < -0.4 is 10.3 Å². The molecule has 0 radical (unpaired) electrons. The van der Waals surface area contributed by atoms with E-state index in [0.717, 1.165) is 22.2 Å². The lowest BCUT2D eigenvalue weighted by molar-refractivity contribution is -0.0507. The number of H-pyrrole nitrogens is 1. The van der Waals surface area contributed by atoms with Crippen LogP contribution in [0.2, 0.25) is 0 Å². The zero-order valence-corrected chi connectivity index (χ0v) is 17.4. The summed E-state index contributed by atoms with van der Waals surface area (Å²) >= 11 is 0. The summed E-state index contributed by atoms with van der Waals surface area (Å²) in [5, 5.41) is 9.24. The quantitative estimate of drug-likeness (QED) is 0.441. The molecule has 5 rings (SSSR count). The normalized spacial score (nSPS) is 17.6. The van der Waals surface area contributed by atoms with E-state index < -0.39 is 12.7 Å². The van der Waals surface area contributed by atoms with Gasteiger partial charge in [-0.25, -0.2) is 4.98 Å². The Hall–Kier alpha value is -3.56. The van der Waals surface area contributed by atoms with Gasteiger partial charge in [-0.05, 0) is 35.4 Å². The maximum Gasteiger partial charge on any atom is 0.387 e. The zero-order valence-electron chi connectivity index (χ0n) is 17.4. The highest BCUT2D eigenvalue weighted by Gasteiger charge is 2.37. The molecule has 0 saturated carbocycles. The number of aromatic nitrogens is 3. The molecule has 1 aliphatic rings. The number of fused-ring (bicyclic) bond motifs is 3. The molecule has 2 N–H and O–H groups in total. The summed E-state index contributed by atoms with van der Waals surface area (Å²) in [6.45, 7) is -2.94. The van der Waals surface area contributed by atoms with Crippen molar-refractivity contribution >= 4 is 11.0 Å². The summed E-state index contributed by atoms with van der Waals surface area (Å²) in [7, 11) is 0. The second kappa shape index (κ2) is 8.76. The van der Waals surface area contributed by atoms with Crippen LogP contribution in [0.3, 0.4) is 0 Å². The van der Waals surface area contributed by atoms with Crippen LogP contribution in [0.4, 0.5) is 8.78 Å². The molecule has 0 aliphatic carbocycles. The van der Waals surface area contributed by atoms with Gasteiger partial charge in [0.2, 0.25) is 5.56 Å². The van der Waals surface area contributed by atoms with Crippen molar-refractivity contribution in [1.82, 2.24) is 14.5 Å². The SMILES string of the molecule is O=c1ccc(-c2ccc3nc4n(c3c2)C(c2ccccc2OC(F)F)CC4OCCO)c[nH]1. The number of nitrogens with one attached hydrogen (secondary N) is 1. The Kier molecular flexibility index (Phi) is 5.65. The van der Waals surface area contributed by atoms with Gasteiger partial charge in [0.05, 0.1) is 30.3 Å². The fraction of sp³-hybridized carbons (Fsp3) is 0.250. The largest absolute Gasteiger partial charge is 0.434 e. The summed E-state index contributed by atoms with van der Waals surface area (Å²) in [6.07, 6.45) is 1.69. The first-order valence-electron chi connectivity index (χ1n) is 10.5. The highest BCUT2D eigenvalue weighted by molar-refractivity contribution is 5.83. The second-order valence-electron chi connectivity index (χ2n) is 7.74. The van der Waals surface area contributed by atoms with Crippen LogP contribution in [-0.2, 0) is 4.74 Å². The summed E-state index contributed by atoms with van der Waals surface area (Å²) in [4.78, 5) is 18.9. The molecule has 2 unspecified atom stereocenters. The minimum atomic E-state index is -2.94. The molecule has 0 fully saturated rings. The second-order valence-corrected chi connectivity index (χ2v) is 7.74. The Morgan fingerprint density at radius 1 is 1.15 bits per heavy atom. The number of pyridine rings is 1. The Morgan fingerprint density at radius 3 is 2.73 bits per heavy atom. The fourth-order valence-corrected chi connectivity index (χ4v) is 4.41. The predicted molar refractivity (Wildman–Crippen MR) is 117 cm³/mol. The van der Waals surface area contributed by atoms with Crippen LogP contribution in [0, 0.1) is 0 Å². The van der Waals surface area contributed by atoms with Gasteiger partial charge in [-0.2, -0.15) is 8.78 Å². The van der Waals surface area contributed by atoms with Crippen LogP contribution in [0.1, 0.15) is 30.0 Å². The molecule has 0 spiro atoms. The molecule has 2 atom stereocenters. The number of alkyl halides is 2. The first-order valence-corrected chi connectivity index (χ1v) is 10.5. The van der Waals surface area contributed by atoms with Crippen molar-refractivity contribution < 1.29 is 23.4 Å². The first-order chi connectivity index (χ1) is 16.0. The van der Waals surface area contributed by atoms with E-state index in [-0.39, 0.29) is 30.6 Å². The molecule has 9 heteroatoms. The molecule has 0 saturated heterocycles. The fourth-order valence-electron chi connectivity index (χ4n) is 4.41. The van der Waals surface area contributed by atoms with Gasteiger partial charge in [0.25, 0.3) is 0 Å². The van der Waals surface area contributed by atoms with Crippen LogP contribution in [0.15, 0.2) is 65.6 Å². The van der Waals surface area contributed by atoms with Crippen LogP contribution in [-0.4, -0.2) is 39.5 Å². The number of imidazole rings is 1. The molecule has 2 aromatic heterocycles. The zero-order chi connectivity index (χ0) is 22.9. The van der Waals surface area contributed by atoms with Crippen molar-refractivity contribution in [3.8, 4) is 16.9 Å². The average Bonchev–Trinajstić information content (AvgIpc) is 3.35. The lowest BCUT2D eigenvalue weighted by Crippen LogP contribution is -2.10. The lowest BCUT2D eigenvalue weighted by Gasteiger charge is -2.19. The molecule has 2 aromatic carbocycles. The van der Waals surface area contributed by atoms with E-state index in [2.05, 4.69) is 4.98 Å². The highest BCUT2D eigenvalue weighted by atomic mass is 19.3. The van der Waals surface area contributed by atoms with Gasteiger partial charge < -0.3 is 24.1 Å². The number of aromatic amines is 1. The minimum Gasteiger partial charge on any atom is -0.434 e. The van der Waals surface area contributed by atoms with Gasteiger partial charge in [0.15, 0.2) is 0 Å². The summed E-state index contributed by atoms with van der Waals surface area (Å²) in [5.74, 6) is 0.763. The van der Waals surface area contributed by atoms with E-state index in [4.69, 9.17) is 14.5 Å². The monoisotopic (exact) mass is 453 g/mol. The first kappa shape index (κ1) is 21.3. The molecule has 0 bridgehead atoms. The van der Waals surface area contributed by atoms with E-state index in [1.54, 1.807) is 30.5 Å². The molecule has 170 valence electrons. The van der Waals surface area contributed by atoms with Crippen molar-refractivity contribution in [2.24, 2.45) is 0 Å². The third-order valence-electron chi connectivity index (χ3n) is 5.78. The maximum absolute atomic E-state index is 13.1. The predicted octanol–water partition coefficient (Wildman–Crippen LogP) is 4.04. The van der Waals surface area contributed by atoms with Crippen LogP contribution in [0.25, 0.3) is 22.2 Å².